The second-order valence-corrected chi connectivity index (χ2v) is 8.02. The predicted octanol–water partition coefficient (Wildman–Crippen LogP) is 4.35. The summed E-state index contributed by atoms with van der Waals surface area (Å²) < 4.78 is 42.9. The Morgan fingerprint density at radius 3 is 2.00 bits per heavy atom. The van der Waals surface area contributed by atoms with E-state index in [2.05, 4.69) is 21.0 Å². The van der Waals surface area contributed by atoms with E-state index < -0.39 is 36.0 Å². The van der Waals surface area contributed by atoms with Crippen LogP contribution in [-0.4, -0.2) is 27.5 Å². The minimum Gasteiger partial charge on any atom is -0.348 e. The zero-order valence-corrected chi connectivity index (χ0v) is 19.5. The van der Waals surface area contributed by atoms with Crippen LogP contribution in [0.3, 0.4) is 0 Å². The smallest absolute Gasteiger partial charge is 0.348 e. The van der Waals surface area contributed by atoms with Gasteiger partial charge in [0.15, 0.2) is 0 Å². The van der Waals surface area contributed by atoms with E-state index in [0.29, 0.717) is 11.4 Å². The number of hydrogen-bond acceptors (Lipinski definition) is 4. The Labute approximate surface area is 199 Å². The number of amides is 3. The minimum absolute atomic E-state index is 0.0489. The van der Waals surface area contributed by atoms with Crippen molar-refractivity contribution in [3.8, 4) is 5.69 Å². The summed E-state index contributed by atoms with van der Waals surface area (Å²) in [5, 5.41) is 11.7. The first-order valence-corrected chi connectivity index (χ1v) is 10.6. The Morgan fingerprint density at radius 2 is 1.51 bits per heavy atom. The summed E-state index contributed by atoms with van der Waals surface area (Å²) in [4.78, 5) is 35.6. The first-order valence-electron chi connectivity index (χ1n) is 10.6. The van der Waals surface area contributed by atoms with Crippen molar-refractivity contribution in [2.24, 2.45) is 0 Å². The van der Waals surface area contributed by atoms with Gasteiger partial charge in [0, 0.05) is 43.0 Å². The summed E-state index contributed by atoms with van der Waals surface area (Å²) in [6, 6.07) is 9.73. The maximum absolute atomic E-state index is 13.8. The number of nitrogens with one attached hydrogen (secondary N) is 3. The number of aromatic nitrogens is 2. The van der Waals surface area contributed by atoms with Crippen molar-refractivity contribution in [3.05, 3.63) is 70.5 Å². The van der Waals surface area contributed by atoms with Crippen LogP contribution in [0.15, 0.2) is 42.5 Å². The molecule has 0 fully saturated rings. The third-order valence-electron chi connectivity index (χ3n) is 4.93. The van der Waals surface area contributed by atoms with E-state index in [4.69, 9.17) is 0 Å². The van der Waals surface area contributed by atoms with Gasteiger partial charge in [-0.2, -0.15) is 18.3 Å². The summed E-state index contributed by atoms with van der Waals surface area (Å²) in [5.74, 6) is -1.47. The molecular weight excluding hydrogens is 463 g/mol. The van der Waals surface area contributed by atoms with Crippen LogP contribution in [0.5, 0.6) is 0 Å². The number of carbonyl (C=O) groups excluding carboxylic acids is 3. The molecule has 0 radical (unpaired) electrons. The molecule has 35 heavy (non-hydrogen) atoms. The van der Waals surface area contributed by atoms with Crippen LogP contribution in [0.1, 0.15) is 46.7 Å². The average molecular weight is 487 g/mol. The van der Waals surface area contributed by atoms with E-state index in [1.54, 1.807) is 19.9 Å². The predicted molar refractivity (Wildman–Crippen MR) is 124 cm³/mol. The van der Waals surface area contributed by atoms with Gasteiger partial charge in [0.05, 0.1) is 16.9 Å². The molecule has 0 bridgehead atoms. The molecule has 3 N–H and O–H groups in total. The van der Waals surface area contributed by atoms with E-state index in [9.17, 15) is 27.6 Å². The molecule has 3 rings (SSSR count). The van der Waals surface area contributed by atoms with Crippen molar-refractivity contribution in [2.75, 3.05) is 10.6 Å². The number of benzene rings is 2. The lowest BCUT2D eigenvalue weighted by atomic mass is 10.1. The quantitative estimate of drug-likeness (QED) is 0.481. The second-order valence-electron chi connectivity index (χ2n) is 8.02. The van der Waals surface area contributed by atoms with Crippen LogP contribution >= 0.6 is 0 Å². The van der Waals surface area contributed by atoms with E-state index in [-0.39, 0.29) is 28.2 Å². The highest BCUT2D eigenvalue weighted by Crippen LogP contribution is 2.34. The molecule has 0 saturated carbocycles. The van der Waals surface area contributed by atoms with Gasteiger partial charge in [-0.25, -0.2) is 4.68 Å². The lowest BCUT2D eigenvalue weighted by Crippen LogP contribution is -2.25. The monoisotopic (exact) mass is 487 g/mol. The number of rotatable bonds is 6. The zero-order valence-electron chi connectivity index (χ0n) is 19.5. The number of hydrogen-bond donors (Lipinski definition) is 3. The van der Waals surface area contributed by atoms with Crippen molar-refractivity contribution >= 4 is 29.1 Å². The van der Waals surface area contributed by atoms with Gasteiger partial charge >= 0.3 is 6.18 Å². The second kappa shape index (κ2) is 10.00. The molecule has 1 heterocycles. The van der Waals surface area contributed by atoms with Crippen molar-refractivity contribution < 1.29 is 27.6 Å². The van der Waals surface area contributed by atoms with E-state index >= 15 is 0 Å². The Bertz CT molecular complexity index is 1260. The third-order valence-corrected chi connectivity index (χ3v) is 4.93. The topological polar surface area (TPSA) is 105 Å². The van der Waals surface area contributed by atoms with Crippen molar-refractivity contribution in [1.29, 1.82) is 0 Å². The van der Waals surface area contributed by atoms with Gasteiger partial charge in [0.25, 0.3) is 5.91 Å². The summed E-state index contributed by atoms with van der Waals surface area (Å²) in [5.41, 5.74) is 1.13. The van der Waals surface area contributed by atoms with Crippen molar-refractivity contribution in [1.82, 2.24) is 15.1 Å². The lowest BCUT2D eigenvalue weighted by molar-refractivity contribution is -0.138. The van der Waals surface area contributed by atoms with Gasteiger partial charge in [0.2, 0.25) is 11.8 Å². The summed E-state index contributed by atoms with van der Waals surface area (Å²) in [7, 11) is 0. The van der Waals surface area contributed by atoms with Crippen LogP contribution in [0.2, 0.25) is 0 Å². The maximum Gasteiger partial charge on any atom is 0.416 e. The molecule has 0 aliphatic carbocycles. The highest BCUT2D eigenvalue weighted by molar-refractivity contribution is 5.99. The number of anilines is 2. The van der Waals surface area contributed by atoms with Crippen molar-refractivity contribution in [2.45, 2.75) is 40.4 Å². The van der Waals surface area contributed by atoms with Crippen LogP contribution in [0.4, 0.5) is 24.5 Å². The van der Waals surface area contributed by atoms with Crippen LogP contribution in [0.25, 0.3) is 5.69 Å². The normalized spacial score (nSPS) is 11.2. The average Bonchev–Trinajstić information content (AvgIpc) is 3.08. The number of halogens is 3. The molecule has 0 spiro atoms. The Hall–Kier alpha value is -4.15. The number of nitrogens with zero attached hydrogens (tertiary/aromatic N) is 2. The highest BCUT2D eigenvalue weighted by atomic mass is 19.4. The standard InChI is InChI=1S/C24H24F3N5O3/c1-13-7-14(2)32(31-13)21-6-5-17(22(11-21)24(25,26)27)12-28-23(35)18-8-19(29-15(3)33)10-20(9-18)30-16(4)34/h5-11H,12H2,1-4H3,(H,28,35)(H,29,33)(H,30,34). The van der Waals surface area contributed by atoms with Crippen LogP contribution in [0, 0.1) is 13.8 Å². The fourth-order valence-electron chi connectivity index (χ4n) is 3.59. The maximum atomic E-state index is 13.8. The van der Waals surface area contributed by atoms with Crippen LogP contribution < -0.4 is 16.0 Å². The summed E-state index contributed by atoms with van der Waals surface area (Å²) in [6.45, 7) is 5.64. The SMILES string of the molecule is CC(=O)Nc1cc(NC(C)=O)cc(C(=O)NCc2ccc(-n3nc(C)cc3C)cc2C(F)(F)F)c1. The Kier molecular flexibility index (Phi) is 7.28. The molecule has 0 atom stereocenters. The molecule has 8 nitrogen and oxygen atoms in total. The third kappa shape index (κ3) is 6.46. The molecule has 0 unspecified atom stereocenters. The lowest BCUT2D eigenvalue weighted by Gasteiger charge is -2.16. The first-order chi connectivity index (χ1) is 16.3. The van der Waals surface area contributed by atoms with E-state index in [1.807, 2.05) is 0 Å². The van der Waals surface area contributed by atoms with Gasteiger partial charge in [0.1, 0.15) is 0 Å². The minimum atomic E-state index is -4.66. The summed E-state index contributed by atoms with van der Waals surface area (Å²) >= 11 is 0. The number of carbonyl (C=O) groups is 3. The Morgan fingerprint density at radius 1 is 0.914 bits per heavy atom. The molecule has 0 aliphatic rings. The molecule has 0 aliphatic heterocycles. The zero-order chi connectivity index (χ0) is 25.9. The van der Waals surface area contributed by atoms with Crippen LogP contribution in [-0.2, 0) is 22.3 Å². The first kappa shape index (κ1) is 25.5. The number of alkyl halides is 3. The van der Waals surface area contributed by atoms with Gasteiger partial charge < -0.3 is 16.0 Å². The fourth-order valence-corrected chi connectivity index (χ4v) is 3.59. The van der Waals surface area contributed by atoms with Gasteiger partial charge in [-0.05, 0) is 55.8 Å². The molecule has 184 valence electrons. The van der Waals surface area contributed by atoms with E-state index in [0.717, 1.165) is 6.07 Å². The summed E-state index contributed by atoms with van der Waals surface area (Å²) in [6.07, 6.45) is -4.66. The molecule has 1 aromatic heterocycles. The van der Waals surface area contributed by atoms with Gasteiger partial charge in [-0.3, -0.25) is 14.4 Å². The van der Waals surface area contributed by atoms with Gasteiger partial charge in [-0.15, -0.1) is 0 Å². The largest absolute Gasteiger partial charge is 0.416 e. The van der Waals surface area contributed by atoms with Gasteiger partial charge in [-0.1, -0.05) is 6.07 Å². The molecular formula is C24H24F3N5O3. The molecule has 3 aromatic rings. The molecule has 11 heteroatoms. The number of aryl methyl sites for hydroxylation is 2. The molecule has 2 aromatic carbocycles. The van der Waals surface area contributed by atoms with E-state index in [1.165, 1.54) is 48.9 Å². The fraction of sp³-hybridized carbons (Fsp3) is 0.250. The Balaban J connectivity index is 1.88. The highest BCUT2D eigenvalue weighted by Gasteiger charge is 2.34. The van der Waals surface area contributed by atoms with Crippen molar-refractivity contribution in [3.63, 3.8) is 0 Å². The molecule has 3 amide bonds. The molecule has 0 saturated heterocycles.